The summed E-state index contributed by atoms with van der Waals surface area (Å²) in [5.41, 5.74) is 7.09. The number of methoxy groups -OCH3 is 2. The van der Waals surface area contributed by atoms with Gasteiger partial charge in [0.25, 0.3) is 0 Å². The summed E-state index contributed by atoms with van der Waals surface area (Å²) < 4.78 is 16.1. The molecule has 1 atom stereocenters. The van der Waals surface area contributed by atoms with Crippen LogP contribution in [0.3, 0.4) is 0 Å². The highest BCUT2D eigenvalue weighted by atomic mass is 16.5. The van der Waals surface area contributed by atoms with E-state index in [4.69, 9.17) is 19.9 Å². The van der Waals surface area contributed by atoms with Crippen LogP contribution in [-0.2, 0) is 4.74 Å². The lowest BCUT2D eigenvalue weighted by Gasteiger charge is -2.15. The fraction of sp³-hybridized carbons (Fsp3) is 0.600. The highest BCUT2D eigenvalue weighted by molar-refractivity contribution is 5.43. The summed E-state index contributed by atoms with van der Waals surface area (Å²) in [4.78, 5) is 0. The predicted octanol–water partition coefficient (Wildman–Crippen LogP) is 2.77. The van der Waals surface area contributed by atoms with Gasteiger partial charge in [-0.1, -0.05) is 19.9 Å². The van der Waals surface area contributed by atoms with E-state index in [1.807, 2.05) is 18.2 Å². The Morgan fingerprint density at radius 2 is 1.79 bits per heavy atom. The lowest BCUT2D eigenvalue weighted by molar-refractivity contribution is 0.111. The molecule has 0 heterocycles. The van der Waals surface area contributed by atoms with Gasteiger partial charge in [-0.3, -0.25) is 0 Å². The van der Waals surface area contributed by atoms with E-state index in [0.29, 0.717) is 24.0 Å². The fourth-order valence-electron chi connectivity index (χ4n) is 1.71. The Bertz CT molecular complexity index is 380. The number of ether oxygens (including phenoxy) is 3. The van der Waals surface area contributed by atoms with Crippen LogP contribution in [0.4, 0.5) is 0 Å². The fourth-order valence-corrected chi connectivity index (χ4v) is 1.71. The van der Waals surface area contributed by atoms with Crippen LogP contribution in [-0.4, -0.2) is 27.4 Å². The van der Waals surface area contributed by atoms with Crippen LogP contribution in [0.2, 0.25) is 0 Å². The van der Waals surface area contributed by atoms with E-state index in [9.17, 15) is 0 Å². The third kappa shape index (κ3) is 5.09. The normalized spacial score (nSPS) is 12.5. The summed E-state index contributed by atoms with van der Waals surface area (Å²) >= 11 is 0. The van der Waals surface area contributed by atoms with E-state index in [-0.39, 0.29) is 6.04 Å². The van der Waals surface area contributed by atoms with Gasteiger partial charge < -0.3 is 19.9 Å². The minimum absolute atomic E-state index is 0.146. The molecule has 0 aliphatic carbocycles. The van der Waals surface area contributed by atoms with Gasteiger partial charge in [0, 0.05) is 6.61 Å². The van der Waals surface area contributed by atoms with Gasteiger partial charge in [0.2, 0.25) is 0 Å². The second-order valence-corrected chi connectivity index (χ2v) is 4.98. The van der Waals surface area contributed by atoms with Crippen molar-refractivity contribution in [1.29, 1.82) is 0 Å². The molecule has 19 heavy (non-hydrogen) atoms. The average Bonchev–Trinajstić information content (AvgIpc) is 2.42. The second kappa shape index (κ2) is 8.02. The molecule has 0 spiro atoms. The zero-order chi connectivity index (χ0) is 14.3. The lowest BCUT2D eigenvalue weighted by Crippen LogP contribution is -2.18. The van der Waals surface area contributed by atoms with Crippen molar-refractivity contribution in [1.82, 2.24) is 0 Å². The molecule has 4 nitrogen and oxygen atoms in total. The van der Waals surface area contributed by atoms with Gasteiger partial charge in [0.1, 0.15) is 0 Å². The quantitative estimate of drug-likeness (QED) is 0.736. The maximum absolute atomic E-state index is 6.11. The molecular formula is C15H25NO3. The highest BCUT2D eigenvalue weighted by Crippen LogP contribution is 2.29. The Morgan fingerprint density at radius 3 is 2.37 bits per heavy atom. The Morgan fingerprint density at radius 1 is 1.11 bits per heavy atom. The SMILES string of the molecule is COc1ccc(C(N)COCCC(C)C)cc1OC. The molecule has 1 aromatic rings. The molecule has 0 saturated heterocycles. The molecule has 0 fully saturated rings. The van der Waals surface area contributed by atoms with Crippen LogP contribution in [0.15, 0.2) is 18.2 Å². The molecule has 0 aliphatic rings. The predicted molar refractivity (Wildman–Crippen MR) is 76.7 cm³/mol. The third-order valence-corrected chi connectivity index (χ3v) is 2.97. The number of hydrogen-bond acceptors (Lipinski definition) is 4. The Kier molecular flexibility index (Phi) is 6.67. The first-order valence-electron chi connectivity index (χ1n) is 6.63. The van der Waals surface area contributed by atoms with Crippen molar-refractivity contribution in [3.05, 3.63) is 23.8 Å². The van der Waals surface area contributed by atoms with Crippen molar-refractivity contribution in [2.24, 2.45) is 11.7 Å². The molecule has 0 saturated carbocycles. The minimum Gasteiger partial charge on any atom is -0.493 e. The van der Waals surface area contributed by atoms with E-state index in [0.717, 1.165) is 18.6 Å². The first-order valence-corrected chi connectivity index (χ1v) is 6.63. The smallest absolute Gasteiger partial charge is 0.161 e. The standard InChI is InChI=1S/C15H25NO3/c1-11(2)7-8-19-10-13(16)12-5-6-14(17-3)15(9-12)18-4/h5-6,9,11,13H,7-8,10,16H2,1-4H3. The second-order valence-electron chi connectivity index (χ2n) is 4.98. The molecule has 0 aromatic heterocycles. The number of benzene rings is 1. The van der Waals surface area contributed by atoms with Crippen LogP contribution in [0, 0.1) is 5.92 Å². The van der Waals surface area contributed by atoms with E-state index >= 15 is 0 Å². The van der Waals surface area contributed by atoms with E-state index in [2.05, 4.69) is 13.8 Å². The molecular weight excluding hydrogens is 242 g/mol. The monoisotopic (exact) mass is 267 g/mol. The van der Waals surface area contributed by atoms with E-state index in [1.165, 1.54) is 0 Å². The Balaban J connectivity index is 2.54. The molecule has 108 valence electrons. The summed E-state index contributed by atoms with van der Waals surface area (Å²) in [6.45, 7) is 5.62. The van der Waals surface area contributed by atoms with Crippen molar-refractivity contribution in [3.8, 4) is 11.5 Å². The van der Waals surface area contributed by atoms with Crippen LogP contribution in [0.25, 0.3) is 0 Å². The summed E-state index contributed by atoms with van der Waals surface area (Å²) in [5.74, 6) is 2.05. The minimum atomic E-state index is -0.146. The maximum atomic E-state index is 6.11. The average molecular weight is 267 g/mol. The van der Waals surface area contributed by atoms with Gasteiger partial charge in [-0.25, -0.2) is 0 Å². The molecule has 4 heteroatoms. The molecule has 1 unspecified atom stereocenters. The van der Waals surface area contributed by atoms with Gasteiger partial charge in [-0.05, 0) is 30.0 Å². The summed E-state index contributed by atoms with van der Waals surface area (Å²) in [6.07, 6.45) is 1.05. The van der Waals surface area contributed by atoms with Crippen molar-refractivity contribution < 1.29 is 14.2 Å². The van der Waals surface area contributed by atoms with Crippen LogP contribution in [0.1, 0.15) is 31.9 Å². The lowest BCUT2D eigenvalue weighted by atomic mass is 10.1. The van der Waals surface area contributed by atoms with Gasteiger partial charge >= 0.3 is 0 Å². The number of hydrogen-bond donors (Lipinski definition) is 1. The summed E-state index contributed by atoms with van der Waals surface area (Å²) in [6, 6.07) is 5.56. The summed E-state index contributed by atoms with van der Waals surface area (Å²) in [5, 5.41) is 0. The highest BCUT2D eigenvalue weighted by Gasteiger charge is 2.10. The Labute approximate surface area is 115 Å². The molecule has 1 aromatic carbocycles. The maximum Gasteiger partial charge on any atom is 0.161 e. The van der Waals surface area contributed by atoms with Crippen molar-refractivity contribution in [3.63, 3.8) is 0 Å². The van der Waals surface area contributed by atoms with Crippen LogP contribution >= 0.6 is 0 Å². The number of nitrogens with two attached hydrogens (primary N) is 1. The van der Waals surface area contributed by atoms with Crippen molar-refractivity contribution in [2.45, 2.75) is 26.3 Å². The molecule has 0 aliphatic heterocycles. The van der Waals surface area contributed by atoms with E-state index < -0.39 is 0 Å². The first kappa shape index (κ1) is 15.8. The third-order valence-electron chi connectivity index (χ3n) is 2.97. The molecule has 1 rings (SSSR count). The van der Waals surface area contributed by atoms with Gasteiger partial charge in [0.15, 0.2) is 11.5 Å². The topological polar surface area (TPSA) is 53.7 Å². The number of rotatable bonds is 8. The Hall–Kier alpha value is -1.26. The zero-order valence-electron chi connectivity index (χ0n) is 12.3. The van der Waals surface area contributed by atoms with Gasteiger partial charge in [0.05, 0.1) is 26.9 Å². The molecule has 0 bridgehead atoms. The van der Waals surface area contributed by atoms with Crippen LogP contribution < -0.4 is 15.2 Å². The largest absolute Gasteiger partial charge is 0.493 e. The molecule has 0 amide bonds. The molecule has 0 radical (unpaired) electrons. The van der Waals surface area contributed by atoms with Gasteiger partial charge in [-0.15, -0.1) is 0 Å². The van der Waals surface area contributed by atoms with Crippen molar-refractivity contribution >= 4 is 0 Å². The first-order chi connectivity index (χ1) is 9.08. The van der Waals surface area contributed by atoms with Gasteiger partial charge in [-0.2, -0.15) is 0 Å². The van der Waals surface area contributed by atoms with Crippen LogP contribution in [0.5, 0.6) is 11.5 Å². The van der Waals surface area contributed by atoms with E-state index in [1.54, 1.807) is 14.2 Å². The van der Waals surface area contributed by atoms with Crippen molar-refractivity contribution in [2.75, 3.05) is 27.4 Å². The molecule has 2 N–H and O–H groups in total. The zero-order valence-corrected chi connectivity index (χ0v) is 12.3. The summed E-state index contributed by atoms with van der Waals surface area (Å²) in [7, 11) is 3.23.